The zero-order chi connectivity index (χ0) is 12.1. The lowest BCUT2D eigenvalue weighted by Gasteiger charge is -2.28. The smallest absolute Gasteiger partial charge is 0.102 e. The molecule has 1 heterocycles. The van der Waals surface area contributed by atoms with Gasteiger partial charge in [-0.05, 0) is 35.7 Å². The molecule has 88 valence electrons. The molecular weight excluding hydrogens is 240 g/mol. The largest absolute Gasteiger partial charge is 0.399 e. The van der Waals surface area contributed by atoms with E-state index in [1.165, 1.54) is 20.8 Å². The first-order valence-corrected chi connectivity index (χ1v) is 6.87. The minimum Gasteiger partial charge on any atom is -0.399 e. The molecule has 2 aromatic carbocycles. The quantitative estimate of drug-likeness (QED) is 0.672. The third-order valence-corrected chi connectivity index (χ3v) is 4.71. The predicted octanol–water partition coefficient (Wildman–Crippen LogP) is 3.57. The standard InChI is InChI=1S/C15H12N2S/c16-10-5-6-13-14(8-10)18-15(17-13)12-7-9-3-1-2-4-11(9)12/h1-6,8,12H,7,16H2. The highest BCUT2D eigenvalue weighted by atomic mass is 32.1. The molecule has 3 heteroatoms. The highest BCUT2D eigenvalue weighted by Gasteiger charge is 2.29. The van der Waals surface area contributed by atoms with E-state index in [0.29, 0.717) is 5.92 Å². The second-order valence-corrected chi connectivity index (χ2v) is 5.80. The zero-order valence-corrected chi connectivity index (χ0v) is 10.6. The summed E-state index contributed by atoms with van der Waals surface area (Å²) >= 11 is 1.77. The summed E-state index contributed by atoms with van der Waals surface area (Å²) in [6, 6.07) is 14.6. The molecule has 1 aliphatic carbocycles. The van der Waals surface area contributed by atoms with Crippen LogP contribution in [0.1, 0.15) is 22.1 Å². The van der Waals surface area contributed by atoms with Crippen molar-refractivity contribution in [1.82, 2.24) is 4.98 Å². The van der Waals surface area contributed by atoms with E-state index < -0.39 is 0 Å². The van der Waals surface area contributed by atoms with Crippen LogP contribution in [0.5, 0.6) is 0 Å². The Morgan fingerprint density at radius 3 is 2.94 bits per heavy atom. The molecule has 3 aromatic rings. The van der Waals surface area contributed by atoms with E-state index in [1.54, 1.807) is 11.3 Å². The molecule has 1 aromatic heterocycles. The lowest BCUT2D eigenvalue weighted by atomic mass is 9.78. The molecule has 0 fully saturated rings. The first-order valence-electron chi connectivity index (χ1n) is 6.05. The molecule has 2 nitrogen and oxygen atoms in total. The van der Waals surface area contributed by atoms with Crippen molar-refractivity contribution in [2.45, 2.75) is 12.3 Å². The van der Waals surface area contributed by atoms with Gasteiger partial charge in [0.25, 0.3) is 0 Å². The van der Waals surface area contributed by atoms with Crippen molar-refractivity contribution in [1.29, 1.82) is 0 Å². The molecule has 1 unspecified atom stereocenters. The van der Waals surface area contributed by atoms with Crippen LogP contribution in [0.15, 0.2) is 42.5 Å². The summed E-state index contributed by atoms with van der Waals surface area (Å²) in [5, 5.41) is 1.22. The van der Waals surface area contributed by atoms with Gasteiger partial charge in [0.2, 0.25) is 0 Å². The van der Waals surface area contributed by atoms with Crippen molar-refractivity contribution in [3.05, 3.63) is 58.6 Å². The number of hydrogen-bond acceptors (Lipinski definition) is 3. The molecule has 0 radical (unpaired) electrons. The van der Waals surface area contributed by atoms with Gasteiger partial charge in [0.1, 0.15) is 5.01 Å². The average molecular weight is 252 g/mol. The Labute approximate surface area is 109 Å². The number of aromatic nitrogens is 1. The predicted molar refractivity (Wildman–Crippen MR) is 76.0 cm³/mol. The van der Waals surface area contributed by atoms with Crippen molar-refractivity contribution >= 4 is 27.2 Å². The molecule has 0 saturated carbocycles. The van der Waals surface area contributed by atoms with Crippen LogP contribution < -0.4 is 5.73 Å². The van der Waals surface area contributed by atoms with Gasteiger partial charge < -0.3 is 5.73 Å². The van der Waals surface area contributed by atoms with E-state index in [4.69, 9.17) is 10.7 Å². The monoisotopic (exact) mass is 252 g/mol. The minimum atomic E-state index is 0.486. The van der Waals surface area contributed by atoms with Gasteiger partial charge in [0.15, 0.2) is 0 Å². The fourth-order valence-corrected chi connectivity index (χ4v) is 3.72. The SMILES string of the molecule is Nc1ccc2nc(C3Cc4ccccc43)sc2c1. The normalized spacial score (nSPS) is 17.4. The van der Waals surface area contributed by atoms with Gasteiger partial charge in [0, 0.05) is 11.6 Å². The Hall–Kier alpha value is -1.87. The highest BCUT2D eigenvalue weighted by molar-refractivity contribution is 7.18. The van der Waals surface area contributed by atoms with E-state index in [1.807, 2.05) is 18.2 Å². The first kappa shape index (κ1) is 10.1. The number of hydrogen-bond donors (Lipinski definition) is 1. The fourth-order valence-electron chi connectivity index (χ4n) is 2.59. The third-order valence-electron chi connectivity index (χ3n) is 3.58. The van der Waals surface area contributed by atoms with Crippen LogP contribution in [-0.2, 0) is 6.42 Å². The summed E-state index contributed by atoms with van der Waals surface area (Å²) in [5.41, 5.74) is 10.6. The Morgan fingerprint density at radius 2 is 2.06 bits per heavy atom. The summed E-state index contributed by atoms with van der Waals surface area (Å²) in [5.74, 6) is 0.486. The molecule has 0 saturated heterocycles. The van der Waals surface area contributed by atoms with Crippen LogP contribution in [0.3, 0.4) is 0 Å². The van der Waals surface area contributed by atoms with Crippen LogP contribution in [-0.4, -0.2) is 4.98 Å². The number of nitrogens with two attached hydrogens (primary N) is 1. The number of nitrogens with zero attached hydrogens (tertiary/aromatic N) is 1. The van der Waals surface area contributed by atoms with Crippen LogP contribution in [0.25, 0.3) is 10.2 Å². The highest BCUT2D eigenvalue weighted by Crippen LogP contribution is 2.42. The second-order valence-electron chi connectivity index (χ2n) is 4.73. The van der Waals surface area contributed by atoms with Crippen molar-refractivity contribution in [2.24, 2.45) is 0 Å². The van der Waals surface area contributed by atoms with Gasteiger partial charge in [-0.15, -0.1) is 11.3 Å². The number of anilines is 1. The average Bonchev–Trinajstić information content (AvgIpc) is 2.73. The van der Waals surface area contributed by atoms with Gasteiger partial charge in [-0.1, -0.05) is 24.3 Å². The summed E-state index contributed by atoms with van der Waals surface area (Å²) in [6.45, 7) is 0. The Morgan fingerprint density at radius 1 is 1.17 bits per heavy atom. The van der Waals surface area contributed by atoms with Crippen molar-refractivity contribution in [3.8, 4) is 0 Å². The Kier molecular flexibility index (Phi) is 2.00. The molecule has 1 atom stereocenters. The minimum absolute atomic E-state index is 0.486. The second kappa shape index (κ2) is 3.56. The summed E-state index contributed by atoms with van der Waals surface area (Å²) in [4.78, 5) is 4.74. The zero-order valence-electron chi connectivity index (χ0n) is 9.76. The van der Waals surface area contributed by atoms with E-state index >= 15 is 0 Å². The first-order chi connectivity index (χ1) is 8.81. The van der Waals surface area contributed by atoms with E-state index in [2.05, 4.69) is 24.3 Å². The summed E-state index contributed by atoms with van der Waals surface area (Å²) in [7, 11) is 0. The lowest BCUT2D eigenvalue weighted by molar-refractivity contribution is 0.704. The molecule has 0 spiro atoms. The number of rotatable bonds is 1. The Balaban J connectivity index is 1.81. The summed E-state index contributed by atoms with van der Waals surface area (Å²) in [6.07, 6.45) is 1.12. The van der Waals surface area contributed by atoms with Crippen LogP contribution >= 0.6 is 11.3 Å². The van der Waals surface area contributed by atoms with Gasteiger partial charge in [-0.2, -0.15) is 0 Å². The van der Waals surface area contributed by atoms with Gasteiger partial charge in [-0.3, -0.25) is 0 Å². The van der Waals surface area contributed by atoms with E-state index in [-0.39, 0.29) is 0 Å². The molecular formula is C15H12N2S. The summed E-state index contributed by atoms with van der Waals surface area (Å²) < 4.78 is 1.19. The van der Waals surface area contributed by atoms with E-state index in [0.717, 1.165) is 17.6 Å². The maximum absolute atomic E-state index is 5.81. The number of nitrogen functional groups attached to an aromatic ring is 1. The molecule has 0 bridgehead atoms. The van der Waals surface area contributed by atoms with E-state index in [9.17, 15) is 0 Å². The number of benzene rings is 2. The van der Waals surface area contributed by atoms with Crippen LogP contribution in [0.4, 0.5) is 5.69 Å². The molecule has 4 rings (SSSR count). The number of thiazole rings is 1. The molecule has 18 heavy (non-hydrogen) atoms. The number of fused-ring (bicyclic) bond motifs is 2. The topological polar surface area (TPSA) is 38.9 Å². The van der Waals surface area contributed by atoms with Crippen molar-refractivity contribution in [3.63, 3.8) is 0 Å². The molecule has 1 aliphatic rings. The fraction of sp³-hybridized carbons (Fsp3) is 0.133. The lowest BCUT2D eigenvalue weighted by Crippen LogP contribution is -2.17. The van der Waals surface area contributed by atoms with Crippen molar-refractivity contribution < 1.29 is 0 Å². The Bertz CT molecular complexity index is 745. The van der Waals surface area contributed by atoms with Gasteiger partial charge in [-0.25, -0.2) is 4.98 Å². The molecule has 2 N–H and O–H groups in total. The maximum Gasteiger partial charge on any atom is 0.102 e. The van der Waals surface area contributed by atoms with Gasteiger partial charge in [0.05, 0.1) is 10.2 Å². The van der Waals surface area contributed by atoms with Gasteiger partial charge >= 0.3 is 0 Å². The molecule has 0 aliphatic heterocycles. The maximum atomic E-state index is 5.81. The molecule has 0 amide bonds. The van der Waals surface area contributed by atoms with Crippen LogP contribution in [0, 0.1) is 0 Å². The van der Waals surface area contributed by atoms with Crippen molar-refractivity contribution in [2.75, 3.05) is 5.73 Å². The third kappa shape index (κ3) is 1.37. The van der Waals surface area contributed by atoms with Crippen LogP contribution in [0.2, 0.25) is 0 Å².